The third kappa shape index (κ3) is 5.18. The normalized spacial score (nSPS) is 17.7. The summed E-state index contributed by atoms with van der Waals surface area (Å²) in [5.41, 5.74) is -0.345. The molecule has 0 spiro atoms. The molecule has 1 amide bonds. The smallest absolute Gasteiger partial charge is 0.243 e. The number of hydrogen-bond acceptors (Lipinski definition) is 8. The number of nitrogens with one attached hydrogen (secondary N) is 2. The molecule has 0 bridgehead atoms. The summed E-state index contributed by atoms with van der Waals surface area (Å²) in [5.74, 6) is -1.91. The Morgan fingerprint density at radius 1 is 1.19 bits per heavy atom. The Bertz CT molecular complexity index is 914. The van der Waals surface area contributed by atoms with Gasteiger partial charge in [-0.25, -0.2) is 18.7 Å². The van der Waals surface area contributed by atoms with Crippen LogP contribution in [0.15, 0.2) is 31.1 Å². The lowest BCUT2D eigenvalue weighted by Gasteiger charge is -2.19. The molecule has 3 rings (SSSR count). The first-order valence-corrected chi connectivity index (χ1v) is 9.27. The summed E-state index contributed by atoms with van der Waals surface area (Å²) in [6, 6.07) is 0.622. The first kappa shape index (κ1) is 22.2. The number of amides is 1. The van der Waals surface area contributed by atoms with Gasteiger partial charge in [0.25, 0.3) is 0 Å². The van der Waals surface area contributed by atoms with Crippen LogP contribution in [-0.2, 0) is 16.1 Å². The fraction of sp³-hybridized carbons (Fsp3) is 0.350. The molecular weight excluding hydrogens is 414 g/mol. The molecule has 2 unspecified atom stereocenters. The van der Waals surface area contributed by atoms with Crippen LogP contribution in [0, 0.1) is 11.6 Å². The number of aromatic nitrogens is 2. The molecule has 1 aromatic carbocycles. The van der Waals surface area contributed by atoms with Gasteiger partial charge < -0.3 is 29.6 Å². The molecule has 0 saturated carbocycles. The highest BCUT2D eigenvalue weighted by Crippen LogP contribution is 2.31. The summed E-state index contributed by atoms with van der Waals surface area (Å²) < 4.78 is 49.4. The average molecular weight is 436 g/mol. The lowest BCUT2D eigenvalue weighted by molar-refractivity contribution is -0.117. The van der Waals surface area contributed by atoms with Crippen LogP contribution in [0.4, 0.5) is 14.7 Å². The zero-order valence-corrected chi connectivity index (χ0v) is 17.0. The van der Waals surface area contributed by atoms with Gasteiger partial charge in [-0.2, -0.15) is 0 Å². The highest BCUT2D eigenvalue weighted by Gasteiger charge is 2.29. The van der Waals surface area contributed by atoms with Gasteiger partial charge in [-0.3, -0.25) is 4.79 Å². The Hall–Kier alpha value is -3.47. The SMILES string of the molecule is C=CC(=O)NC1COCC1Nc1ncc(OCc2c(F)c(OC)cc(OC)c2F)cn1. The van der Waals surface area contributed by atoms with Gasteiger partial charge in [-0.05, 0) is 6.08 Å². The van der Waals surface area contributed by atoms with E-state index in [1.165, 1.54) is 32.7 Å². The summed E-state index contributed by atoms with van der Waals surface area (Å²) in [6.07, 6.45) is 3.90. The molecule has 2 aromatic rings. The zero-order chi connectivity index (χ0) is 22.4. The number of benzene rings is 1. The van der Waals surface area contributed by atoms with Crippen LogP contribution in [0.5, 0.6) is 17.2 Å². The molecule has 1 aromatic heterocycles. The van der Waals surface area contributed by atoms with Crippen molar-refractivity contribution in [1.82, 2.24) is 15.3 Å². The second-order valence-electron chi connectivity index (χ2n) is 6.53. The van der Waals surface area contributed by atoms with E-state index in [0.717, 1.165) is 6.07 Å². The van der Waals surface area contributed by atoms with Crippen LogP contribution in [0.25, 0.3) is 0 Å². The van der Waals surface area contributed by atoms with Crippen LogP contribution in [0.2, 0.25) is 0 Å². The Morgan fingerprint density at radius 3 is 2.39 bits per heavy atom. The third-order valence-electron chi connectivity index (χ3n) is 4.58. The summed E-state index contributed by atoms with van der Waals surface area (Å²) in [6.45, 7) is 3.70. The predicted molar refractivity (Wildman–Crippen MR) is 106 cm³/mol. The van der Waals surface area contributed by atoms with E-state index in [0.29, 0.717) is 13.2 Å². The number of carbonyl (C=O) groups excluding carboxylic acids is 1. The molecule has 1 saturated heterocycles. The van der Waals surface area contributed by atoms with E-state index in [1.54, 1.807) is 0 Å². The minimum Gasteiger partial charge on any atom is -0.494 e. The van der Waals surface area contributed by atoms with Crippen molar-refractivity contribution in [1.29, 1.82) is 0 Å². The second-order valence-corrected chi connectivity index (χ2v) is 6.53. The molecule has 2 N–H and O–H groups in total. The first-order valence-electron chi connectivity index (χ1n) is 9.27. The number of carbonyl (C=O) groups is 1. The summed E-state index contributed by atoms with van der Waals surface area (Å²) in [7, 11) is 2.53. The van der Waals surface area contributed by atoms with Gasteiger partial charge in [0, 0.05) is 6.07 Å². The molecule has 11 heteroatoms. The fourth-order valence-corrected chi connectivity index (χ4v) is 2.93. The summed E-state index contributed by atoms with van der Waals surface area (Å²) in [4.78, 5) is 19.8. The van der Waals surface area contributed by atoms with Crippen molar-refractivity contribution in [3.63, 3.8) is 0 Å². The quantitative estimate of drug-likeness (QED) is 0.574. The maximum atomic E-state index is 14.4. The molecule has 1 aliphatic heterocycles. The van der Waals surface area contributed by atoms with Crippen LogP contribution in [-0.4, -0.2) is 55.4 Å². The number of halogens is 2. The van der Waals surface area contributed by atoms with Gasteiger partial charge in [0.05, 0.1) is 57.5 Å². The van der Waals surface area contributed by atoms with Crippen LogP contribution in [0.3, 0.4) is 0 Å². The molecule has 31 heavy (non-hydrogen) atoms. The predicted octanol–water partition coefficient (Wildman–Crippen LogP) is 1.83. The molecule has 1 aliphatic rings. The maximum Gasteiger partial charge on any atom is 0.243 e. The van der Waals surface area contributed by atoms with Gasteiger partial charge in [-0.15, -0.1) is 0 Å². The molecule has 2 atom stereocenters. The van der Waals surface area contributed by atoms with Gasteiger partial charge in [0.1, 0.15) is 6.61 Å². The van der Waals surface area contributed by atoms with Crippen molar-refractivity contribution in [2.24, 2.45) is 0 Å². The summed E-state index contributed by atoms with van der Waals surface area (Å²) >= 11 is 0. The summed E-state index contributed by atoms with van der Waals surface area (Å²) in [5, 5.41) is 5.83. The van der Waals surface area contributed by atoms with E-state index in [4.69, 9.17) is 18.9 Å². The number of methoxy groups -OCH3 is 2. The Labute approximate surface area is 177 Å². The molecule has 2 heterocycles. The van der Waals surface area contributed by atoms with Crippen molar-refractivity contribution in [2.75, 3.05) is 32.8 Å². The van der Waals surface area contributed by atoms with E-state index in [-0.39, 0.29) is 46.8 Å². The van der Waals surface area contributed by atoms with E-state index in [1.807, 2.05) is 0 Å². The van der Waals surface area contributed by atoms with Gasteiger partial charge in [-0.1, -0.05) is 6.58 Å². The van der Waals surface area contributed by atoms with E-state index in [9.17, 15) is 13.6 Å². The molecular formula is C20H22F2N4O5. The number of ether oxygens (including phenoxy) is 4. The van der Waals surface area contributed by atoms with Crippen molar-refractivity contribution in [2.45, 2.75) is 18.7 Å². The maximum absolute atomic E-state index is 14.4. The van der Waals surface area contributed by atoms with E-state index < -0.39 is 18.2 Å². The van der Waals surface area contributed by atoms with E-state index in [2.05, 4.69) is 27.2 Å². The van der Waals surface area contributed by atoms with Gasteiger partial charge in [0.2, 0.25) is 11.9 Å². The van der Waals surface area contributed by atoms with Gasteiger partial charge >= 0.3 is 0 Å². The highest BCUT2D eigenvalue weighted by molar-refractivity contribution is 5.87. The standard InChI is InChI=1S/C20H22F2N4O5/c1-4-17(27)25-13-9-30-10-14(13)26-20-23-6-11(7-24-20)31-8-12-18(21)15(28-2)5-16(29-3)19(12)22/h4-7,13-14H,1,8-10H2,2-3H3,(H,25,27)(H,23,24,26). The largest absolute Gasteiger partial charge is 0.494 e. The van der Waals surface area contributed by atoms with Crippen molar-refractivity contribution in [3.8, 4) is 17.2 Å². The molecule has 0 radical (unpaired) electrons. The zero-order valence-electron chi connectivity index (χ0n) is 17.0. The lowest BCUT2D eigenvalue weighted by atomic mass is 10.1. The lowest BCUT2D eigenvalue weighted by Crippen LogP contribution is -2.45. The minimum absolute atomic E-state index is 0.162. The van der Waals surface area contributed by atoms with Crippen molar-refractivity contribution >= 4 is 11.9 Å². The van der Waals surface area contributed by atoms with Crippen molar-refractivity contribution < 1.29 is 32.5 Å². The number of anilines is 1. The number of hydrogen-bond donors (Lipinski definition) is 2. The number of nitrogens with zero attached hydrogens (tertiary/aromatic N) is 2. The molecule has 1 fully saturated rings. The average Bonchev–Trinajstić information content (AvgIpc) is 3.21. The Balaban J connectivity index is 1.64. The Kier molecular flexibility index (Phi) is 7.19. The minimum atomic E-state index is -0.881. The molecule has 0 aliphatic carbocycles. The van der Waals surface area contributed by atoms with Crippen molar-refractivity contribution in [3.05, 3.63) is 48.3 Å². The Morgan fingerprint density at radius 2 is 1.81 bits per heavy atom. The highest BCUT2D eigenvalue weighted by atomic mass is 19.1. The molecule has 166 valence electrons. The van der Waals surface area contributed by atoms with Crippen LogP contribution in [0.1, 0.15) is 5.56 Å². The third-order valence-corrected chi connectivity index (χ3v) is 4.58. The van der Waals surface area contributed by atoms with Crippen LogP contribution < -0.4 is 24.8 Å². The number of rotatable bonds is 9. The second kappa shape index (κ2) is 10.0. The fourth-order valence-electron chi connectivity index (χ4n) is 2.93. The van der Waals surface area contributed by atoms with E-state index >= 15 is 0 Å². The van der Waals surface area contributed by atoms with Gasteiger partial charge in [0.15, 0.2) is 28.9 Å². The van der Waals surface area contributed by atoms with Crippen LogP contribution >= 0.6 is 0 Å². The molecule has 9 nitrogen and oxygen atoms in total. The topological polar surface area (TPSA) is 104 Å². The first-order chi connectivity index (χ1) is 15.0. The monoisotopic (exact) mass is 436 g/mol.